The molecule has 4 nitrogen and oxygen atoms in total. The number of hydrogen-bond acceptors (Lipinski definition) is 4. The Morgan fingerprint density at radius 2 is 2.08 bits per heavy atom. The maximum absolute atomic E-state index is 13.7. The highest BCUT2D eigenvalue weighted by atomic mass is 19.1. The maximum Gasteiger partial charge on any atom is 0.144 e. The fourth-order valence-electron chi connectivity index (χ4n) is 3.05. The van der Waals surface area contributed by atoms with Crippen molar-refractivity contribution in [3.63, 3.8) is 0 Å². The van der Waals surface area contributed by atoms with E-state index in [4.69, 9.17) is 9.57 Å². The van der Waals surface area contributed by atoms with Crippen molar-refractivity contribution in [3.05, 3.63) is 53.8 Å². The van der Waals surface area contributed by atoms with Crippen molar-refractivity contribution in [3.8, 4) is 5.75 Å². The number of rotatable bonds is 6. The van der Waals surface area contributed by atoms with E-state index in [-0.39, 0.29) is 11.9 Å². The van der Waals surface area contributed by atoms with Gasteiger partial charge in [-0.05, 0) is 62.3 Å². The van der Waals surface area contributed by atoms with Crippen LogP contribution in [0.25, 0.3) is 0 Å². The smallest absolute Gasteiger partial charge is 0.144 e. The fourth-order valence-corrected chi connectivity index (χ4v) is 3.05. The van der Waals surface area contributed by atoms with Crippen LogP contribution in [0.1, 0.15) is 18.4 Å². The minimum Gasteiger partial charge on any atom is -0.494 e. The number of methoxy groups -OCH3 is 1. The summed E-state index contributed by atoms with van der Waals surface area (Å²) in [4.78, 5) is 6.23. The molecule has 1 N–H and O–H groups in total. The van der Waals surface area contributed by atoms with Crippen LogP contribution in [0.2, 0.25) is 0 Å². The highest BCUT2D eigenvalue weighted by Crippen LogP contribution is 2.40. The summed E-state index contributed by atoms with van der Waals surface area (Å²) in [7, 11) is 3.58. The van der Waals surface area contributed by atoms with E-state index < -0.39 is 0 Å². The molecule has 2 aromatic carbocycles. The Bertz CT molecular complexity index is 693. The zero-order chi connectivity index (χ0) is 16.9. The summed E-state index contributed by atoms with van der Waals surface area (Å²) < 4.78 is 19.2. The van der Waals surface area contributed by atoms with Crippen LogP contribution in [0.4, 0.5) is 15.8 Å². The minimum absolute atomic E-state index is 0.0116. The molecular formula is C19H23FN2O2. The minimum atomic E-state index is -0.218. The summed E-state index contributed by atoms with van der Waals surface area (Å²) in [6.45, 7) is 0.935. The number of nitrogens with zero attached hydrogens (tertiary/aromatic N) is 1. The first-order chi connectivity index (χ1) is 11.7. The zero-order valence-electron chi connectivity index (χ0n) is 14.1. The first-order valence-electron chi connectivity index (χ1n) is 8.26. The average molecular weight is 330 g/mol. The Hall–Kier alpha value is -2.11. The van der Waals surface area contributed by atoms with Gasteiger partial charge in [0, 0.05) is 6.42 Å². The summed E-state index contributed by atoms with van der Waals surface area (Å²) in [6.07, 6.45) is 2.63. The van der Waals surface area contributed by atoms with Crippen LogP contribution in [0, 0.1) is 5.82 Å². The molecule has 0 bridgehead atoms. The molecule has 1 unspecified atom stereocenters. The van der Waals surface area contributed by atoms with E-state index in [1.54, 1.807) is 24.3 Å². The van der Waals surface area contributed by atoms with Crippen molar-refractivity contribution in [2.24, 2.45) is 0 Å². The predicted octanol–water partition coefficient (Wildman–Crippen LogP) is 3.83. The van der Waals surface area contributed by atoms with Gasteiger partial charge in [-0.15, -0.1) is 0 Å². The topological polar surface area (TPSA) is 33.7 Å². The monoisotopic (exact) mass is 330 g/mol. The Balaban J connectivity index is 1.94. The van der Waals surface area contributed by atoms with E-state index in [9.17, 15) is 4.39 Å². The van der Waals surface area contributed by atoms with E-state index in [2.05, 4.69) is 5.32 Å². The number of hydrogen-bond donors (Lipinski definition) is 1. The summed E-state index contributed by atoms with van der Waals surface area (Å²) in [6, 6.07) is 12.5. The molecule has 0 spiro atoms. The molecule has 5 heteroatoms. The lowest BCUT2D eigenvalue weighted by Crippen LogP contribution is -2.33. The van der Waals surface area contributed by atoms with Gasteiger partial charge in [0.1, 0.15) is 17.3 Å². The number of benzene rings is 2. The average Bonchev–Trinajstić information content (AvgIpc) is 2.61. The molecule has 0 radical (unpaired) electrons. The summed E-state index contributed by atoms with van der Waals surface area (Å²) >= 11 is 0. The molecule has 1 aliphatic heterocycles. The number of anilines is 2. The van der Waals surface area contributed by atoms with Gasteiger partial charge in [-0.3, -0.25) is 4.84 Å². The fraction of sp³-hybridized carbons (Fsp3) is 0.368. The second kappa shape index (κ2) is 7.64. The lowest BCUT2D eigenvalue weighted by molar-refractivity contribution is 0.0361. The Morgan fingerprint density at radius 3 is 2.88 bits per heavy atom. The molecule has 0 aliphatic carbocycles. The van der Waals surface area contributed by atoms with Crippen LogP contribution >= 0.6 is 0 Å². The summed E-state index contributed by atoms with van der Waals surface area (Å²) in [5.41, 5.74) is 2.65. The van der Waals surface area contributed by atoms with Gasteiger partial charge < -0.3 is 10.1 Å². The van der Waals surface area contributed by atoms with E-state index in [1.807, 2.05) is 31.3 Å². The largest absolute Gasteiger partial charge is 0.494 e. The molecule has 0 aromatic heterocycles. The molecule has 1 heterocycles. The highest BCUT2D eigenvalue weighted by molar-refractivity contribution is 5.70. The van der Waals surface area contributed by atoms with Crippen LogP contribution < -0.4 is 15.1 Å². The Kier molecular flexibility index (Phi) is 5.33. The molecule has 128 valence electrons. The number of halogens is 1. The highest BCUT2D eigenvalue weighted by Gasteiger charge is 2.28. The third-order valence-corrected chi connectivity index (χ3v) is 4.22. The van der Waals surface area contributed by atoms with Gasteiger partial charge in [0.2, 0.25) is 0 Å². The number of nitrogens with one attached hydrogen (secondary N) is 1. The van der Waals surface area contributed by atoms with E-state index in [1.165, 1.54) is 6.07 Å². The standard InChI is InChI=1S/C19H23FN2O2/c1-21-11-5-6-16-13-14-12-15(20)9-10-17(14)22(24-16)18-7-3-4-8-19(18)23-2/h3-4,7-10,12,16,21H,5-6,11,13H2,1-2H3. The first-order valence-corrected chi connectivity index (χ1v) is 8.26. The second-order valence-electron chi connectivity index (χ2n) is 5.92. The lowest BCUT2D eigenvalue weighted by atomic mass is 10.00. The maximum atomic E-state index is 13.7. The van der Waals surface area contributed by atoms with Crippen molar-refractivity contribution >= 4 is 11.4 Å². The van der Waals surface area contributed by atoms with Crippen molar-refractivity contribution in [1.82, 2.24) is 5.32 Å². The van der Waals surface area contributed by atoms with Crippen LogP contribution in [0.5, 0.6) is 5.75 Å². The molecule has 1 atom stereocenters. The predicted molar refractivity (Wildman–Crippen MR) is 93.3 cm³/mol. The molecule has 1 aliphatic rings. The third-order valence-electron chi connectivity index (χ3n) is 4.22. The normalized spacial score (nSPS) is 16.8. The van der Waals surface area contributed by atoms with Gasteiger partial charge >= 0.3 is 0 Å². The molecule has 0 fully saturated rings. The van der Waals surface area contributed by atoms with Gasteiger partial charge in [-0.2, -0.15) is 0 Å². The van der Waals surface area contributed by atoms with Gasteiger partial charge in [0.15, 0.2) is 0 Å². The molecule has 0 saturated heterocycles. The lowest BCUT2D eigenvalue weighted by Gasteiger charge is -2.36. The summed E-state index contributed by atoms with van der Waals surface area (Å²) in [5, 5.41) is 4.93. The quantitative estimate of drug-likeness (QED) is 0.816. The Labute approximate surface area is 142 Å². The van der Waals surface area contributed by atoms with Crippen molar-refractivity contribution in [2.45, 2.75) is 25.4 Å². The van der Waals surface area contributed by atoms with E-state index in [0.717, 1.165) is 42.1 Å². The van der Waals surface area contributed by atoms with Crippen LogP contribution in [0.3, 0.4) is 0 Å². The van der Waals surface area contributed by atoms with Gasteiger partial charge in [0.25, 0.3) is 0 Å². The van der Waals surface area contributed by atoms with Crippen molar-refractivity contribution in [2.75, 3.05) is 25.8 Å². The number of ether oxygens (including phenoxy) is 1. The third kappa shape index (κ3) is 3.52. The SMILES string of the molecule is CNCCCC1Cc2cc(F)ccc2N(c2ccccc2OC)O1. The van der Waals surface area contributed by atoms with Gasteiger partial charge in [-0.25, -0.2) is 9.45 Å². The molecule has 0 amide bonds. The summed E-state index contributed by atoms with van der Waals surface area (Å²) in [5.74, 6) is 0.508. The molecule has 3 rings (SSSR count). The van der Waals surface area contributed by atoms with E-state index in [0.29, 0.717) is 6.42 Å². The Morgan fingerprint density at radius 1 is 1.25 bits per heavy atom. The van der Waals surface area contributed by atoms with Crippen molar-refractivity contribution < 1.29 is 14.0 Å². The van der Waals surface area contributed by atoms with E-state index >= 15 is 0 Å². The molecular weight excluding hydrogens is 307 g/mol. The van der Waals surface area contributed by atoms with Gasteiger partial charge in [0.05, 0.1) is 18.9 Å². The van der Waals surface area contributed by atoms with Crippen molar-refractivity contribution in [1.29, 1.82) is 0 Å². The second-order valence-corrected chi connectivity index (χ2v) is 5.92. The number of fused-ring (bicyclic) bond motifs is 1. The molecule has 0 saturated carbocycles. The van der Waals surface area contributed by atoms with Crippen LogP contribution in [0.15, 0.2) is 42.5 Å². The van der Waals surface area contributed by atoms with Crippen LogP contribution in [-0.4, -0.2) is 26.8 Å². The molecule has 2 aromatic rings. The number of para-hydroxylation sites is 2. The van der Waals surface area contributed by atoms with Crippen LogP contribution in [-0.2, 0) is 11.3 Å². The first kappa shape index (κ1) is 16.7. The van der Waals surface area contributed by atoms with Gasteiger partial charge in [-0.1, -0.05) is 12.1 Å². The zero-order valence-corrected chi connectivity index (χ0v) is 14.1. The molecule has 24 heavy (non-hydrogen) atoms.